The third kappa shape index (κ3) is 4.49. The number of hydrogen-bond acceptors (Lipinski definition) is 6. The van der Waals surface area contributed by atoms with Crippen molar-refractivity contribution in [3.05, 3.63) is 86.7 Å². The van der Waals surface area contributed by atoms with Crippen LogP contribution in [0.1, 0.15) is 39.5 Å². The normalized spacial score (nSPS) is 10.4. The molecule has 0 fully saturated rings. The maximum atomic E-state index is 13.3. The van der Waals surface area contributed by atoms with E-state index >= 15 is 0 Å². The Bertz CT molecular complexity index is 1240. The molecule has 7 heteroatoms. The van der Waals surface area contributed by atoms with Gasteiger partial charge in [-0.15, -0.1) is 0 Å². The number of pyridine rings is 1. The zero-order chi connectivity index (χ0) is 23.3. The van der Waals surface area contributed by atoms with Gasteiger partial charge in [0, 0.05) is 12.1 Å². The van der Waals surface area contributed by atoms with Gasteiger partial charge in [0.25, 0.3) is 5.56 Å². The lowest BCUT2D eigenvalue weighted by Crippen LogP contribution is -2.27. The topological polar surface area (TPSA) is 102 Å². The predicted octanol–water partition coefficient (Wildman–Crippen LogP) is 3.62. The summed E-state index contributed by atoms with van der Waals surface area (Å²) in [4.78, 5) is 26.1. The van der Waals surface area contributed by atoms with Crippen LogP contribution in [-0.4, -0.2) is 29.2 Å². The van der Waals surface area contributed by atoms with E-state index in [2.05, 4.69) is 0 Å². The maximum absolute atomic E-state index is 13.3. The first-order valence-corrected chi connectivity index (χ1v) is 10.2. The highest BCUT2D eigenvalue weighted by atomic mass is 16.5. The minimum absolute atomic E-state index is 0.0653. The predicted molar refractivity (Wildman–Crippen MR) is 120 cm³/mol. The quantitative estimate of drug-likeness (QED) is 0.546. The van der Waals surface area contributed by atoms with E-state index in [1.165, 1.54) is 6.92 Å². The fraction of sp³-hybridized carbons (Fsp3) is 0.240. The van der Waals surface area contributed by atoms with Crippen molar-refractivity contribution in [3.8, 4) is 23.4 Å². The number of methoxy groups -OCH3 is 1. The van der Waals surface area contributed by atoms with Crippen LogP contribution in [0.3, 0.4) is 0 Å². The standard InChI is InChI=1S/C25H24N2O5/c1-4-32-20-7-5-6-18(14-20)23(28)22-16(2)21(15-26)24(29)27(25(22)30)13-12-17-8-10-19(31-3)11-9-17/h5-11,14,30H,4,12-13H2,1-3H3. The Morgan fingerprint density at radius 2 is 1.88 bits per heavy atom. The molecule has 2 aromatic carbocycles. The first-order chi connectivity index (χ1) is 15.4. The fourth-order valence-electron chi connectivity index (χ4n) is 3.50. The Morgan fingerprint density at radius 1 is 1.16 bits per heavy atom. The summed E-state index contributed by atoms with van der Waals surface area (Å²) in [5.74, 6) is 0.282. The number of rotatable bonds is 8. The largest absolute Gasteiger partial charge is 0.497 e. The minimum atomic E-state index is -0.629. The van der Waals surface area contributed by atoms with E-state index in [4.69, 9.17) is 9.47 Å². The van der Waals surface area contributed by atoms with Crippen molar-refractivity contribution < 1.29 is 19.4 Å². The van der Waals surface area contributed by atoms with E-state index in [1.807, 2.05) is 25.1 Å². The lowest BCUT2D eigenvalue weighted by atomic mass is 9.97. The third-order valence-electron chi connectivity index (χ3n) is 5.22. The molecule has 0 spiro atoms. The van der Waals surface area contributed by atoms with Crippen molar-refractivity contribution in [1.29, 1.82) is 5.26 Å². The molecule has 164 valence electrons. The molecule has 0 amide bonds. The molecule has 32 heavy (non-hydrogen) atoms. The summed E-state index contributed by atoms with van der Waals surface area (Å²) < 4.78 is 11.7. The Labute approximate surface area is 186 Å². The number of aromatic hydroxyl groups is 1. The molecule has 0 bridgehead atoms. The van der Waals surface area contributed by atoms with E-state index in [9.17, 15) is 20.0 Å². The molecule has 0 radical (unpaired) electrons. The van der Waals surface area contributed by atoms with Gasteiger partial charge >= 0.3 is 0 Å². The first-order valence-electron chi connectivity index (χ1n) is 10.2. The van der Waals surface area contributed by atoms with Gasteiger partial charge in [-0.25, -0.2) is 0 Å². The fourth-order valence-corrected chi connectivity index (χ4v) is 3.50. The molecule has 1 heterocycles. The molecule has 3 rings (SSSR count). The number of ketones is 1. The lowest BCUT2D eigenvalue weighted by Gasteiger charge is -2.16. The summed E-state index contributed by atoms with van der Waals surface area (Å²) >= 11 is 0. The highest BCUT2D eigenvalue weighted by molar-refractivity contribution is 6.11. The second-order valence-corrected chi connectivity index (χ2v) is 7.16. The molecular weight excluding hydrogens is 408 g/mol. The summed E-state index contributed by atoms with van der Waals surface area (Å²) in [5.41, 5.74) is 0.497. The summed E-state index contributed by atoms with van der Waals surface area (Å²) in [7, 11) is 1.57. The molecule has 0 aliphatic heterocycles. The van der Waals surface area contributed by atoms with Crippen LogP contribution in [0.25, 0.3) is 0 Å². The van der Waals surface area contributed by atoms with Crippen LogP contribution in [0.2, 0.25) is 0 Å². The highest BCUT2D eigenvalue weighted by Gasteiger charge is 2.25. The molecule has 0 aliphatic carbocycles. The van der Waals surface area contributed by atoms with Gasteiger partial charge in [0.2, 0.25) is 5.88 Å². The molecule has 0 unspecified atom stereocenters. The molecule has 1 aromatic heterocycles. The molecule has 3 aromatic rings. The SMILES string of the molecule is CCOc1cccc(C(=O)c2c(C)c(C#N)c(=O)n(CCc3ccc(OC)cc3)c2O)c1. The van der Waals surface area contributed by atoms with Crippen molar-refractivity contribution >= 4 is 5.78 Å². The van der Waals surface area contributed by atoms with Gasteiger partial charge < -0.3 is 14.6 Å². The number of hydrogen-bond donors (Lipinski definition) is 1. The number of carbonyl (C=O) groups is 1. The zero-order valence-corrected chi connectivity index (χ0v) is 18.2. The molecule has 0 aliphatic rings. The van der Waals surface area contributed by atoms with Crippen LogP contribution in [0.15, 0.2) is 53.3 Å². The Hall–Kier alpha value is -4.05. The van der Waals surface area contributed by atoms with Crippen LogP contribution < -0.4 is 15.0 Å². The molecule has 0 saturated carbocycles. The summed E-state index contributed by atoms with van der Waals surface area (Å²) in [6.07, 6.45) is 0.416. The van der Waals surface area contributed by atoms with E-state index in [1.54, 1.807) is 43.5 Å². The Balaban J connectivity index is 2.03. The monoisotopic (exact) mass is 432 g/mol. The van der Waals surface area contributed by atoms with Gasteiger partial charge in [0.05, 0.1) is 19.3 Å². The number of carbonyl (C=O) groups excluding carboxylic acids is 1. The summed E-state index contributed by atoms with van der Waals surface area (Å²) in [6, 6.07) is 15.8. The maximum Gasteiger partial charge on any atom is 0.271 e. The molecule has 1 N–H and O–H groups in total. The second kappa shape index (κ2) is 9.84. The van der Waals surface area contributed by atoms with E-state index in [0.29, 0.717) is 30.1 Å². The Kier molecular flexibility index (Phi) is 6.96. The number of nitrogens with zero attached hydrogens (tertiary/aromatic N) is 2. The van der Waals surface area contributed by atoms with Gasteiger partial charge in [-0.2, -0.15) is 5.26 Å². The van der Waals surface area contributed by atoms with E-state index in [0.717, 1.165) is 10.1 Å². The number of aromatic nitrogens is 1. The summed E-state index contributed by atoms with van der Waals surface area (Å²) in [5, 5.41) is 20.5. The third-order valence-corrected chi connectivity index (χ3v) is 5.22. The molecule has 0 saturated heterocycles. The van der Waals surface area contributed by atoms with Crippen molar-refractivity contribution in [3.63, 3.8) is 0 Å². The van der Waals surface area contributed by atoms with E-state index in [-0.39, 0.29) is 23.2 Å². The average molecular weight is 432 g/mol. The average Bonchev–Trinajstić information content (AvgIpc) is 2.80. The number of benzene rings is 2. The van der Waals surface area contributed by atoms with Crippen molar-refractivity contribution in [1.82, 2.24) is 4.57 Å². The van der Waals surface area contributed by atoms with Gasteiger partial charge in [0.1, 0.15) is 23.1 Å². The highest BCUT2D eigenvalue weighted by Crippen LogP contribution is 2.26. The van der Waals surface area contributed by atoms with Crippen LogP contribution in [0.5, 0.6) is 17.4 Å². The van der Waals surface area contributed by atoms with Gasteiger partial charge in [-0.1, -0.05) is 24.3 Å². The van der Waals surface area contributed by atoms with Crippen LogP contribution >= 0.6 is 0 Å². The lowest BCUT2D eigenvalue weighted by molar-refractivity contribution is 0.103. The van der Waals surface area contributed by atoms with Gasteiger partial charge in [-0.05, 0) is 55.7 Å². The number of aryl methyl sites for hydroxylation is 1. The molecule has 7 nitrogen and oxygen atoms in total. The van der Waals surface area contributed by atoms with Crippen molar-refractivity contribution in [2.75, 3.05) is 13.7 Å². The van der Waals surface area contributed by atoms with Crippen molar-refractivity contribution in [2.24, 2.45) is 0 Å². The van der Waals surface area contributed by atoms with Crippen LogP contribution in [-0.2, 0) is 13.0 Å². The van der Waals surface area contributed by atoms with Gasteiger partial charge in [0.15, 0.2) is 5.78 Å². The van der Waals surface area contributed by atoms with Gasteiger partial charge in [-0.3, -0.25) is 14.2 Å². The molecule has 0 atom stereocenters. The Morgan fingerprint density at radius 3 is 2.50 bits per heavy atom. The zero-order valence-electron chi connectivity index (χ0n) is 18.2. The minimum Gasteiger partial charge on any atom is -0.497 e. The smallest absolute Gasteiger partial charge is 0.271 e. The first kappa shape index (κ1) is 22.6. The second-order valence-electron chi connectivity index (χ2n) is 7.16. The van der Waals surface area contributed by atoms with Crippen LogP contribution in [0.4, 0.5) is 0 Å². The van der Waals surface area contributed by atoms with Crippen molar-refractivity contribution in [2.45, 2.75) is 26.8 Å². The van der Waals surface area contributed by atoms with Crippen LogP contribution in [0, 0.1) is 18.3 Å². The number of ether oxygens (including phenoxy) is 2. The molecular formula is C25H24N2O5. The summed E-state index contributed by atoms with van der Waals surface area (Å²) in [6.45, 7) is 3.87. The number of nitriles is 1. The van der Waals surface area contributed by atoms with E-state index < -0.39 is 17.2 Å².